The number of ether oxygens (including phenoxy) is 1. The van der Waals surface area contributed by atoms with Crippen LogP contribution in [0.3, 0.4) is 0 Å². The Hall–Kier alpha value is -3.42. The van der Waals surface area contributed by atoms with Gasteiger partial charge in [0.15, 0.2) is 11.6 Å². The van der Waals surface area contributed by atoms with Crippen molar-refractivity contribution in [2.45, 2.75) is 26.2 Å². The van der Waals surface area contributed by atoms with Crippen molar-refractivity contribution in [3.8, 4) is 11.5 Å². The summed E-state index contributed by atoms with van der Waals surface area (Å²) in [5, 5.41) is 6.81. The molecule has 1 N–H and O–H groups in total. The highest BCUT2D eigenvalue weighted by atomic mass is 16.5. The Morgan fingerprint density at radius 2 is 2.07 bits per heavy atom. The number of hydrogen-bond donors (Lipinski definition) is 1. The molecule has 0 aliphatic carbocycles. The van der Waals surface area contributed by atoms with Crippen molar-refractivity contribution < 1.29 is 14.1 Å². The van der Waals surface area contributed by atoms with Crippen molar-refractivity contribution in [3.63, 3.8) is 0 Å². The number of carbonyl (C=O) groups is 1. The number of carbonyl (C=O) groups excluding carboxylic acids is 1. The molecule has 3 rings (SSSR count). The molecule has 8 heteroatoms. The van der Waals surface area contributed by atoms with E-state index >= 15 is 0 Å². The molecular weight excluding hydrogens is 358 g/mol. The van der Waals surface area contributed by atoms with Gasteiger partial charge in [0, 0.05) is 32.1 Å². The third-order valence-corrected chi connectivity index (χ3v) is 3.99. The fraction of sp³-hybridized carbons (Fsp3) is 0.300. The van der Waals surface area contributed by atoms with Crippen molar-refractivity contribution in [3.05, 3.63) is 60.5 Å². The first-order valence-corrected chi connectivity index (χ1v) is 9.04. The Kier molecular flexibility index (Phi) is 6.21. The summed E-state index contributed by atoms with van der Waals surface area (Å²) in [5.74, 6) is 2.50. The Bertz CT molecular complexity index is 911. The van der Waals surface area contributed by atoms with E-state index in [4.69, 9.17) is 9.26 Å². The lowest BCUT2D eigenvalue weighted by molar-refractivity contribution is 0.222. The molecule has 0 spiro atoms. The van der Waals surface area contributed by atoms with Gasteiger partial charge in [0.1, 0.15) is 5.75 Å². The van der Waals surface area contributed by atoms with Crippen LogP contribution in [0.15, 0.2) is 53.3 Å². The molecule has 0 fully saturated rings. The first-order chi connectivity index (χ1) is 13.5. The van der Waals surface area contributed by atoms with E-state index in [0.29, 0.717) is 41.9 Å². The average molecular weight is 381 g/mol. The van der Waals surface area contributed by atoms with Crippen LogP contribution in [0, 0.1) is 0 Å². The molecule has 0 bridgehead atoms. The van der Waals surface area contributed by atoms with Crippen molar-refractivity contribution in [2.75, 3.05) is 18.9 Å². The molecule has 3 aromatic rings. The Morgan fingerprint density at radius 3 is 2.79 bits per heavy atom. The number of amides is 2. The van der Waals surface area contributed by atoms with Gasteiger partial charge in [-0.3, -0.25) is 4.98 Å². The maximum atomic E-state index is 12.5. The first-order valence-electron chi connectivity index (χ1n) is 9.04. The average Bonchev–Trinajstić information content (AvgIpc) is 3.18. The second-order valence-corrected chi connectivity index (χ2v) is 6.59. The Balaban J connectivity index is 1.59. The number of rotatable bonds is 7. The summed E-state index contributed by atoms with van der Waals surface area (Å²) in [6.07, 6.45) is 3.79. The summed E-state index contributed by atoms with van der Waals surface area (Å²) < 4.78 is 11.0. The molecule has 2 amide bonds. The van der Waals surface area contributed by atoms with Crippen LogP contribution in [-0.4, -0.2) is 39.6 Å². The van der Waals surface area contributed by atoms with Gasteiger partial charge in [-0.05, 0) is 24.3 Å². The molecule has 0 aliphatic heterocycles. The summed E-state index contributed by atoms with van der Waals surface area (Å²) in [5.41, 5.74) is 0.574. The van der Waals surface area contributed by atoms with Crippen LogP contribution in [0.2, 0.25) is 0 Å². The lowest BCUT2D eigenvalue weighted by atomic mass is 10.2. The zero-order chi connectivity index (χ0) is 19.9. The fourth-order valence-corrected chi connectivity index (χ4v) is 2.38. The molecule has 0 aliphatic rings. The zero-order valence-electron chi connectivity index (χ0n) is 16.1. The summed E-state index contributed by atoms with van der Waals surface area (Å²) in [6, 6.07) is 10.6. The molecule has 2 aromatic heterocycles. The lowest BCUT2D eigenvalue weighted by Crippen LogP contribution is -2.33. The van der Waals surface area contributed by atoms with Gasteiger partial charge >= 0.3 is 6.03 Å². The maximum Gasteiger partial charge on any atom is 0.321 e. The molecule has 1 aromatic carbocycles. The minimum Gasteiger partial charge on any atom is -0.454 e. The van der Waals surface area contributed by atoms with E-state index in [0.717, 1.165) is 0 Å². The third-order valence-electron chi connectivity index (χ3n) is 3.99. The van der Waals surface area contributed by atoms with Gasteiger partial charge in [0.2, 0.25) is 5.89 Å². The van der Waals surface area contributed by atoms with Crippen LogP contribution in [0.25, 0.3) is 0 Å². The molecule has 0 unspecified atom stereocenters. The van der Waals surface area contributed by atoms with E-state index in [-0.39, 0.29) is 11.9 Å². The van der Waals surface area contributed by atoms with Crippen LogP contribution in [0.1, 0.15) is 31.5 Å². The standard InChI is InChI=1S/C20H23N5O3/c1-14(2)19-23-18(24-28-19)10-12-25(3)20(26)22-16-8-4-5-9-17(16)27-15-7-6-11-21-13-15/h4-9,11,13-14H,10,12H2,1-3H3,(H,22,26). The molecular formula is C20H23N5O3. The van der Waals surface area contributed by atoms with Gasteiger partial charge in [0.05, 0.1) is 11.9 Å². The van der Waals surface area contributed by atoms with E-state index in [1.54, 1.807) is 48.6 Å². The molecule has 8 nitrogen and oxygen atoms in total. The molecule has 0 atom stereocenters. The van der Waals surface area contributed by atoms with Crippen LogP contribution in [0.5, 0.6) is 11.5 Å². The predicted octanol–water partition coefficient (Wildman–Crippen LogP) is 4.09. The molecule has 0 saturated carbocycles. The highest BCUT2D eigenvalue weighted by molar-refractivity contribution is 5.90. The SMILES string of the molecule is CC(C)c1nc(CCN(C)C(=O)Nc2ccccc2Oc2cccnc2)no1. The zero-order valence-corrected chi connectivity index (χ0v) is 16.1. The van der Waals surface area contributed by atoms with Crippen molar-refractivity contribution in [1.82, 2.24) is 20.0 Å². The smallest absolute Gasteiger partial charge is 0.321 e. The fourth-order valence-electron chi connectivity index (χ4n) is 2.38. The van der Waals surface area contributed by atoms with E-state index in [1.807, 2.05) is 26.0 Å². The first kappa shape index (κ1) is 19.3. The van der Waals surface area contributed by atoms with Crippen molar-refractivity contribution in [2.24, 2.45) is 0 Å². The number of nitrogens with zero attached hydrogens (tertiary/aromatic N) is 4. The van der Waals surface area contributed by atoms with Crippen molar-refractivity contribution >= 4 is 11.7 Å². The number of pyridine rings is 1. The summed E-state index contributed by atoms with van der Waals surface area (Å²) in [6.45, 7) is 4.43. The normalized spacial score (nSPS) is 10.7. The van der Waals surface area contributed by atoms with Gasteiger partial charge in [-0.1, -0.05) is 31.1 Å². The summed E-state index contributed by atoms with van der Waals surface area (Å²) in [7, 11) is 1.71. The number of urea groups is 1. The molecule has 0 radical (unpaired) electrons. The van der Waals surface area contributed by atoms with Gasteiger partial charge in [-0.15, -0.1) is 0 Å². The van der Waals surface area contributed by atoms with Gasteiger partial charge in [-0.25, -0.2) is 4.79 Å². The van der Waals surface area contributed by atoms with E-state index in [9.17, 15) is 4.79 Å². The van der Waals surface area contributed by atoms with E-state index in [1.165, 1.54) is 0 Å². The number of hydrogen-bond acceptors (Lipinski definition) is 6. The van der Waals surface area contributed by atoms with Crippen LogP contribution >= 0.6 is 0 Å². The highest BCUT2D eigenvalue weighted by Crippen LogP contribution is 2.28. The number of para-hydroxylation sites is 2. The monoisotopic (exact) mass is 381 g/mol. The second-order valence-electron chi connectivity index (χ2n) is 6.59. The van der Waals surface area contributed by atoms with Crippen molar-refractivity contribution in [1.29, 1.82) is 0 Å². The molecule has 2 heterocycles. The van der Waals surface area contributed by atoms with E-state index in [2.05, 4.69) is 20.4 Å². The van der Waals surface area contributed by atoms with Gasteiger partial charge in [0.25, 0.3) is 0 Å². The number of likely N-dealkylation sites (N-methyl/N-ethyl adjacent to an activating group) is 1. The number of aromatic nitrogens is 3. The van der Waals surface area contributed by atoms with Gasteiger partial charge in [-0.2, -0.15) is 4.98 Å². The number of anilines is 1. The largest absolute Gasteiger partial charge is 0.454 e. The highest BCUT2D eigenvalue weighted by Gasteiger charge is 2.15. The molecule has 0 saturated heterocycles. The molecule has 28 heavy (non-hydrogen) atoms. The third kappa shape index (κ3) is 5.06. The van der Waals surface area contributed by atoms with Crippen LogP contribution < -0.4 is 10.1 Å². The Labute approximate surface area is 163 Å². The minimum absolute atomic E-state index is 0.179. The maximum absolute atomic E-state index is 12.5. The second kappa shape index (κ2) is 8.98. The minimum atomic E-state index is -0.255. The quantitative estimate of drug-likeness (QED) is 0.663. The Morgan fingerprint density at radius 1 is 1.25 bits per heavy atom. The topological polar surface area (TPSA) is 93.4 Å². The van der Waals surface area contributed by atoms with Crippen LogP contribution in [-0.2, 0) is 6.42 Å². The van der Waals surface area contributed by atoms with Crippen LogP contribution in [0.4, 0.5) is 10.5 Å². The summed E-state index contributed by atoms with van der Waals surface area (Å²) >= 11 is 0. The van der Waals surface area contributed by atoms with Gasteiger partial charge < -0.3 is 19.5 Å². The summed E-state index contributed by atoms with van der Waals surface area (Å²) in [4.78, 5) is 22.4. The predicted molar refractivity (Wildman–Crippen MR) is 104 cm³/mol. The number of benzene rings is 1. The van der Waals surface area contributed by atoms with E-state index < -0.39 is 0 Å². The number of nitrogens with one attached hydrogen (secondary N) is 1. The molecule has 146 valence electrons. The lowest BCUT2D eigenvalue weighted by Gasteiger charge is -2.18.